The first-order valence-corrected chi connectivity index (χ1v) is 7.26. The Kier molecular flexibility index (Phi) is 4.95. The summed E-state index contributed by atoms with van der Waals surface area (Å²) in [6.07, 6.45) is 3.03. The molecule has 2 heterocycles. The van der Waals surface area contributed by atoms with Crippen LogP contribution < -0.4 is 11.1 Å². The van der Waals surface area contributed by atoms with Gasteiger partial charge in [-0.3, -0.25) is 4.79 Å². The molecule has 1 fully saturated rings. The van der Waals surface area contributed by atoms with Gasteiger partial charge in [-0.2, -0.15) is 0 Å². The molecule has 20 heavy (non-hydrogen) atoms. The molecule has 0 radical (unpaired) electrons. The fourth-order valence-electron chi connectivity index (χ4n) is 2.50. The maximum absolute atomic E-state index is 12.2. The van der Waals surface area contributed by atoms with Gasteiger partial charge in [0.1, 0.15) is 5.82 Å². The number of carbonyl (C=O) groups excluding carboxylic acids is 1. The van der Waals surface area contributed by atoms with E-state index in [9.17, 15) is 4.79 Å². The molecular weight excluding hydrogens is 254 g/mol. The van der Waals surface area contributed by atoms with Crippen LogP contribution in [0.25, 0.3) is 0 Å². The van der Waals surface area contributed by atoms with Gasteiger partial charge in [0.05, 0.1) is 6.10 Å². The predicted molar refractivity (Wildman–Crippen MR) is 78.5 cm³/mol. The number of amides is 1. The first kappa shape index (κ1) is 14.8. The van der Waals surface area contributed by atoms with Crippen LogP contribution in [-0.2, 0) is 11.2 Å². The second-order valence-electron chi connectivity index (χ2n) is 5.36. The summed E-state index contributed by atoms with van der Waals surface area (Å²) in [6, 6.07) is 3.45. The second-order valence-corrected chi connectivity index (χ2v) is 5.36. The maximum atomic E-state index is 12.2. The molecule has 0 bridgehead atoms. The van der Waals surface area contributed by atoms with E-state index in [0.29, 0.717) is 23.8 Å². The molecule has 1 aromatic heterocycles. The highest BCUT2D eigenvalue weighted by Gasteiger charge is 2.24. The Balaban J connectivity index is 1.97. The fraction of sp³-hybridized carbons (Fsp3) is 0.600. The predicted octanol–water partition coefficient (Wildman–Crippen LogP) is 1.77. The molecule has 0 aromatic carbocycles. The molecule has 0 spiro atoms. The smallest absolute Gasteiger partial charge is 0.251 e. The number of hydrogen-bond acceptors (Lipinski definition) is 4. The SMILES string of the molecule is CCCc1cc(C(=O)NCC2CCOC2C)cc(N)n1. The van der Waals surface area contributed by atoms with Crippen molar-refractivity contribution in [2.45, 2.75) is 39.2 Å². The van der Waals surface area contributed by atoms with Gasteiger partial charge in [-0.25, -0.2) is 4.98 Å². The third-order valence-electron chi connectivity index (χ3n) is 3.72. The van der Waals surface area contributed by atoms with E-state index >= 15 is 0 Å². The van der Waals surface area contributed by atoms with Crippen molar-refractivity contribution < 1.29 is 9.53 Å². The zero-order chi connectivity index (χ0) is 14.5. The summed E-state index contributed by atoms with van der Waals surface area (Å²) in [6.45, 7) is 5.55. The lowest BCUT2D eigenvalue weighted by atomic mass is 10.0. The van der Waals surface area contributed by atoms with Crippen molar-refractivity contribution in [1.82, 2.24) is 10.3 Å². The van der Waals surface area contributed by atoms with Crippen molar-refractivity contribution in [3.05, 3.63) is 23.4 Å². The number of anilines is 1. The summed E-state index contributed by atoms with van der Waals surface area (Å²) in [5.74, 6) is 0.711. The highest BCUT2D eigenvalue weighted by atomic mass is 16.5. The molecule has 1 aliphatic rings. The standard InChI is InChI=1S/C15H23N3O2/c1-3-4-13-7-12(8-14(16)18-13)15(19)17-9-11-5-6-20-10(11)2/h7-8,10-11H,3-6,9H2,1-2H3,(H2,16,18)(H,17,19). The maximum Gasteiger partial charge on any atom is 0.251 e. The van der Waals surface area contributed by atoms with E-state index in [1.807, 2.05) is 13.0 Å². The zero-order valence-electron chi connectivity index (χ0n) is 12.2. The van der Waals surface area contributed by atoms with Crippen LogP contribution in [0.3, 0.4) is 0 Å². The molecule has 1 saturated heterocycles. The van der Waals surface area contributed by atoms with Gasteiger partial charge < -0.3 is 15.8 Å². The van der Waals surface area contributed by atoms with Crippen molar-refractivity contribution >= 4 is 11.7 Å². The van der Waals surface area contributed by atoms with Gasteiger partial charge in [0, 0.05) is 30.3 Å². The summed E-state index contributed by atoms with van der Waals surface area (Å²) in [7, 11) is 0. The molecule has 1 aliphatic heterocycles. The van der Waals surface area contributed by atoms with Gasteiger partial charge in [-0.05, 0) is 31.9 Å². The second kappa shape index (κ2) is 6.70. The number of aromatic nitrogens is 1. The van der Waals surface area contributed by atoms with E-state index in [1.165, 1.54) is 0 Å². The van der Waals surface area contributed by atoms with Crippen LogP contribution in [0.15, 0.2) is 12.1 Å². The van der Waals surface area contributed by atoms with Gasteiger partial charge in [-0.1, -0.05) is 13.3 Å². The number of ether oxygens (including phenoxy) is 1. The lowest BCUT2D eigenvalue weighted by Gasteiger charge is -2.15. The van der Waals surface area contributed by atoms with Gasteiger partial charge in [0.15, 0.2) is 0 Å². The molecule has 3 N–H and O–H groups in total. The van der Waals surface area contributed by atoms with Crippen LogP contribution in [0.2, 0.25) is 0 Å². The first-order valence-electron chi connectivity index (χ1n) is 7.26. The van der Waals surface area contributed by atoms with E-state index in [1.54, 1.807) is 6.07 Å². The van der Waals surface area contributed by atoms with Crippen LogP contribution in [0.4, 0.5) is 5.82 Å². The van der Waals surface area contributed by atoms with Crippen molar-refractivity contribution in [2.24, 2.45) is 5.92 Å². The summed E-state index contributed by atoms with van der Waals surface area (Å²) < 4.78 is 5.49. The molecule has 2 unspecified atom stereocenters. The number of rotatable bonds is 5. The number of carbonyl (C=O) groups is 1. The number of pyridine rings is 1. The lowest BCUT2D eigenvalue weighted by Crippen LogP contribution is -2.32. The van der Waals surface area contributed by atoms with Crippen LogP contribution in [0.1, 0.15) is 42.7 Å². The van der Waals surface area contributed by atoms with Gasteiger partial charge in [-0.15, -0.1) is 0 Å². The van der Waals surface area contributed by atoms with Crippen LogP contribution in [0, 0.1) is 5.92 Å². The summed E-state index contributed by atoms with van der Waals surface area (Å²) in [4.78, 5) is 16.4. The molecular formula is C15H23N3O2. The third-order valence-corrected chi connectivity index (χ3v) is 3.72. The van der Waals surface area contributed by atoms with E-state index in [0.717, 1.165) is 31.6 Å². The molecule has 1 aromatic rings. The Hall–Kier alpha value is -1.62. The van der Waals surface area contributed by atoms with E-state index in [-0.39, 0.29) is 12.0 Å². The monoisotopic (exact) mass is 277 g/mol. The van der Waals surface area contributed by atoms with Crippen molar-refractivity contribution in [1.29, 1.82) is 0 Å². The molecule has 2 rings (SSSR count). The highest BCUT2D eigenvalue weighted by molar-refractivity contribution is 5.94. The number of aryl methyl sites for hydroxylation is 1. The van der Waals surface area contributed by atoms with Crippen LogP contribution in [-0.4, -0.2) is 30.1 Å². The normalized spacial score (nSPS) is 21.9. The van der Waals surface area contributed by atoms with E-state index < -0.39 is 0 Å². The molecule has 110 valence electrons. The number of nitrogens with zero attached hydrogens (tertiary/aromatic N) is 1. The van der Waals surface area contributed by atoms with Crippen molar-refractivity contribution in [3.63, 3.8) is 0 Å². The molecule has 0 saturated carbocycles. The molecule has 1 amide bonds. The minimum Gasteiger partial charge on any atom is -0.384 e. The number of nitrogens with two attached hydrogens (primary N) is 1. The van der Waals surface area contributed by atoms with Gasteiger partial charge >= 0.3 is 0 Å². The first-order chi connectivity index (χ1) is 9.60. The highest BCUT2D eigenvalue weighted by Crippen LogP contribution is 2.19. The Morgan fingerprint density at radius 3 is 3.00 bits per heavy atom. The van der Waals surface area contributed by atoms with Gasteiger partial charge in [0.25, 0.3) is 5.91 Å². The molecule has 5 heteroatoms. The Bertz CT molecular complexity index is 476. The Morgan fingerprint density at radius 2 is 2.35 bits per heavy atom. The van der Waals surface area contributed by atoms with E-state index in [4.69, 9.17) is 10.5 Å². The van der Waals surface area contributed by atoms with Crippen molar-refractivity contribution in [3.8, 4) is 0 Å². The van der Waals surface area contributed by atoms with Gasteiger partial charge in [0.2, 0.25) is 0 Å². The number of hydrogen-bond donors (Lipinski definition) is 2. The zero-order valence-corrected chi connectivity index (χ0v) is 12.2. The molecule has 2 atom stereocenters. The average molecular weight is 277 g/mol. The average Bonchev–Trinajstić information content (AvgIpc) is 2.81. The topological polar surface area (TPSA) is 77.2 Å². The van der Waals surface area contributed by atoms with E-state index in [2.05, 4.69) is 17.2 Å². The molecule has 0 aliphatic carbocycles. The molecule has 5 nitrogen and oxygen atoms in total. The Labute approximate surface area is 119 Å². The summed E-state index contributed by atoms with van der Waals surface area (Å²) in [5.41, 5.74) is 7.22. The fourth-order valence-corrected chi connectivity index (χ4v) is 2.50. The number of nitrogen functional groups attached to an aromatic ring is 1. The quantitative estimate of drug-likeness (QED) is 0.860. The lowest BCUT2D eigenvalue weighted by molar-refractivity contribution is 0.0907. The minimum atomic E-state index is -0.0875. The summed E-state index contributed by atoms with van der Waals surface area (Å²) in [5, 5.41) is 2.97. The Morgan fingerprint density at radius 1 is 1.55 bits per heavy atom. The third kappa shape index (κ3) is 3.70. The largest absolute Gasteiger partial charge is 0.384 e. The van der Waals surface area contributed by atoms with Crippen LogP contribution in [0.5, 0.6) is 0 Å². The number of nitrogens with one attached hydrogen (secondary N) is 1. The van der Waals surface area contributed by atoms with Crippen LogP contribution >= 0.6 is 0 Å². The minimum absolute atomic E-state index is 0.0875. The van der Waals surface area contributed by atoms with Crippen molar-refractivity contribution in [2.75, 3.05) is 18.9 Å². The summed E-state index contributed by atoms with van der Waals surface area (Å²) >= 11 is 0.